The Labute approximate surface area is 245 Å². The van der Waals surface area contributed by atoms with Crippen LogP contribution in [0.1, 0.15) is 45.7 Å². The van der Waals surface area contributed by atoms with Crippen molar-refractivity contribution in [2.75, 3.05) is 26.2 Å². The first-order valence-corrected chi connectivity index (χ1v) is 14.1. The molecule has 0 bridgehead atoms. The van der Waals surface area contributed by atoms with Crippen molar-refractivity contribution in [2.45, 2.75) is 45.7 Å². The van der Waals surface area contributed by atoms with Crippen molar-refractivity contribution in [3.63, 3.8) is 0 Å². The van der Waals surface area contributed by atoms with Gasteiger partial charge in [0.25, 0.3) is 5.91 Å². The molecule has 1 atom stereocenters. The molecule has 222 valence electrons. The average Bonchev–Trinajstić information content (AvgIpc) is 3.22. The van der Waals surface area contributed by atoms with E-state index in [0.29, 0.717) is 18.7 Å². The fraction of sp³-hybridized carbons (Fsp3) is 0.387. The SMILES string of the molecule is Cc1nn(C)c(C)c1CCNC(=O)[C@@H]1CCC(=O)N(Cc2ccccc2)CC(=O)NCCOc2ccccc2C(=O)N1. The second kappa shape index (κ2) is 14.3. The van der Waals surface area contributed by atoms with Crippen LogP contribution in [0.3, 0.4) is 0 Å². The summed E-state index contributed by atoms with van der Waals surface area (Å²) in [5.41, 5.74) is 4.11. The first kappa shape index (κ1) is 30.3. The highest BCUT2D eigenvalue weighted by Crippen LogP contribution is 2.19. The Bertz CT molecular complexity index is 1420. The van der Waals surface area contributed by atoms with E-state index in [1.54, 1.807) is 28.9 Å². The molecular formula is C31H38N6O5. The van der Waals surface area contributed by atoms with E-state index in [4.69, 9.17) is 4.74 Å². The van der Waals surface area contributed by atoms with Gasteiger partial charge in [0.2, 0.25) is 17.7 Å². The minimum atomic E-state index is -0.983. The highest BCUT2D eigenvalue weighted by Gasteiger charge is 2.26. The molecule has 0 unspecified atom stereocenters. The zero-order valence-electron chi connectivity index (χ0n) is 24.3. The number of hydrogen-bond acceptors (Lipinski definition) is 6. The summed E-state index contributed by atoms with van der Waals surface area (Å²) in [6.07, 6.45) is 0.586. The van der Waals surface area contributed by atoms with Crippen LogP contribution >= 0.6 is 0 Å². The van der Waals surface area contributed by atoms with Crippen LogP contribution in [0.15, 0.2) is 54.6 Å². The fourth-order valence-electron chi connectivity index (χ4n) is 4.94. The third-order valence-corrected chi connectivity index (χ3v) is 7.32. The Hall–Kier alpha value is -4.67. The average molecular weight is 575 g/mol. The number of para-hydroxylation sites is 1. The third-order valence-electron chi connectivity index (χ3n) is 7.32. The van der Waals surface area contributed by atoms with E-state index in [1.807, 2.05) is 51.2 Å². The van der Waals surface area contributed by atoms with Gasteiger partial charge >= 0.3 is 0 Å². The van der Waals surface area contributed by atoms with Gasteiger partial charge in [-0.05, 0) is 49.9 Å². The predicted molar refractivity (Wildman–Crippen MR) is 157 cm³/mol. The van der Waals surface area contributed by atoms with Crippen molar-refractivity contribution < 1.29 is 23.9 Å². The fourth-order valence-corrected chi connectivity index (χ4v) is 4.94. The molecule has 1 aromatic heterocycles. The molecule has 0 aliphatic carbocycles. The lowest BCUT2D eigenvalue weighted by Gasteiger charge is -2.24. The van der Waals surface area contributed by atoms with Gasteiger partial charge in [-0.1, -0.05) is 42.5 Å². The minimum absolute atomic E-state index is 0.0442. The molecule has 0 fully saturated rings. The Kier molecular flexibility index (Phi) is 10.3. The summed E-state index contributed by atoms with van der Waals surface area (Å²) >= 11 is 0. The maximum atomic E-state index is 13.4. The molecule has 2 aromatic carbocycles. The number of aromatic nitrogens is 2. The van der Waals surface area contributed by atoms with E-state index < -0.39 is 17.9 Å². The Morgan fingerprint density at radius 3 is 2.55 bits per heavy atom. The molecule has 11 heteroatoms. The number of rotatable bonds is 6. The van der Waals surface area contributed by atoms with Gasteiger partial charge in [0.05, 0.1) is 24.3 Å². The smallest absolute Gasteiger partial charge is 0.255 e. The monoisotopic (exact) mass is 574 g/mol. The zero-order valence-corrected chi connectivity index (χ0v) is 24.3. The van der Waals surface area contributed by atoms with Gasteiger partial charge in [0.15, 0.2) is 0 Å². The molecule has 3 N–H and O–H groups in total. The zero-order chi connectivity index (χ0) is 30.1. The van der Waals surface area contributed by atoms with Crippen LogP contribution in [-0.4, -0.2) is 70.6 Å². The van der Waals surface area contributed by atoms with Gasteiger partial charge in [-0.25, -0.2) is 0 Å². The van der Waals surface area contributed by atoms with Crippen LogP contribution < -0.4 is 20.7 Å². The number of nitrogens with one attached hydrogen (secondary N) is 3. The number of fused-ring (bicyclic) bond motifs is 1. The predicted octanol–water partition coefficient (Wildman–Crippen LogP) is 1.81. The van der Waals surface area contributed by atoms with E-state index >= 15 is 0 Å². The van der Waals surface area contributed by atoms with Crippen LogP contribution in [0.4, 0.5) is 0 Å². The van der Waals surface area contributed by atoms with Crippen molar-refractivity contribution in [2.24, 2.45) is 7.05 Å². The van der Waals surface area contributed by atoms with Crippen molar-refractivity contribution in [1.82, 2.24) is 30.6 Å². The molecular weight excluding hydrogens is 536 g/mol. The van der Waals surface area contributed by atoms with Crippen LogP contribution in [0, 0.1) is 13.8 Å². The lowest BCUT2D eigenvalue weighted by atomic mass is 10.1. The van der Waals surface area contributed by atoms with Crippen LogP contribution in [0.25, 0.3) is 0 Å². The highest BCUT2D eigenvalue weighted by atomic mass is 16.5. The molecule has 0 saturated carbocycles. The largest absolute Gasteiger partial charge is 0.491 e. The summed E-state index contributed by atoms with van der Waals surface area (Å²) in [4.78, 5) is 54.3. The molecule has 1 aliphatic heterocycles. The molecule has 4 amide bonds. The number of carbonyl (C=O) groups is 4. The Balaban J connectivity index is 1.53. The molecule has 1 aliphatic rings. The van der Waals surface area contributed by atoms with E-state index in [1.165, 1.54) is 4.90 Å². The van der Waals surface area contributed by atoms with Gasteiger partial charge in [0, 0.05) is 32.3 Å². The van der Waals surface area contributed by atoms with E-state index in [0.717, 1.165) is 22.5 Å². The number of aryl methyl sites for hydroxylation is 2. The quantitative estimate of drug-likeness (QED) is 0.411. The van der Waals surface area contributed by atoms with Crippen molar-refractivity contribution in [1.29, 1.82) is 0 Å². The first-order valence-electron chi connectivity index (χ1n) is 14.1. The topological polar surface area (TPSA) is 135 Å². The number of carbonyl (C=O) groups excluding carboxylic acids is 4. The maximum absolute atomic E-state index is 13.4. The Morgan fingerprint density at radius 1 is 1.07 bits per heavy atom. The number of ether oxygens (including phenoxy) is 1. The maximum Gasteiger partial charge on any atom is 0.255 e. The highest BCUT2D eigenvalue weighted by molar-refractivity contribution is 5.99. The van der Waals surface area contributed by atoms with E-state index in [9.17, 15) is 19.2 Å². The second-order valence-electron chi connectivity index (χ2n) is 10.3. The molecule has 4 rings (SSSR count). The molecule has 42 heavy (non-hydrogen) atoms. The summed E-state index contributed by atoms with van der Waals surface area (Å²) in [6, 6.07) is 15.1. The van der Waals surface area contributed by atoms with Crippen LogP contribution in [0.5, 0.6) is 5.75 Å². The van der Waals surface area contributed by atoms with E-state index in [-0.39, 0.29) is 56.5 Å². The summed E-state index contributed by atoms with van der Waals surface area (Å²) in [6.45, 7) is 4.66. The molecule has 2 heterocycles. The molecule has 0 spiro atoms. The second-order valence-corrected chi connectivity index (χ2v) is 10.3. The van der Waals surface area contributed by atoms with Crippen molar-refractivity contribution in [3.05, 3.63) is 82.7 Å². The van der Waals surface area contributed by atoms with Crippen molar-refractivity contribution >= 4 is 23.6 Å². The van der Waals surface area contributed by atoms with Gasteiger partial charge in [-0.3, -0.25) is 23.9 Å². The lowest BCUT2D eigenvalue weighted by Crippen LogP contribution is -2.48. The Morgan fingerprint density at radius 2 is 1.81 bits per heavy atom. The van der Waals surface area contributed by atoms with Gasteiger partial charge in [0.1, 0.15) is 18.4 Å². The standard InChI is InChI=1S/C31H38N6O5/c1-21-24(22(2)36(3)35-21)15-16-33-31(41)26-13-14-29(39)37(19-23-9-5-4-6-10-23)20-28(38)32-17-18-42-27-12-8-7-11-25(27)30(40)34-26/h4-12,26H,13-20H2,1-3H3,(H,32,38)(H,33,41)(H,34,40)/t26-/m0/s1. The summed E-state index contributed by atoms with van der Waals surface area (Å²) in [5, 5.41) is 12.9. The summed E-state index contributed by atoms with van der Waals surface area (Å²) in [5.74, 6) is -1.17. The van der Waals surface area contributed by atoms with Gasteiger partial charge < -0.3 is 25.6 Å². The number of benzene rings is 2. The normalized spacial score (nSPS) is 16.8. The third kappa shape index (κ3) is 7.96. The molecule has 3 aromatic rings. The minimum Gasteiger partial charge on any atom is -0.491 e. The summed E-state index contributed by atoms with van der Waals surface area (Å²) in [7, 11) is 1.88. The van der Waals surface area contributed by atoms with Gasteiger partial charge in [-0.2, -0.15) is 5.10 Å². The lowest BCUT2D eigenvalue weighted by molar-refractivity contribution is -0.137. The molecule has 11 nitrogen and oxygen atoms in total. The number of hydrogen-bond donors (Lipinski definition) is 3. The summed E-state index contributed by atoms with van der Waals surface area (Å²) < 4.78 is 7.60. The van der Waals surface area contributed by atoms with Crippen LogP contribution in [0.2, 0.25) is 0 Å². The number of amides is 4. The van der Waals surface area contributed by atoms with E-state index in [2.05, 4.69) is 21.0 Å². The molecule has 0 saturated heterocycles. The van der Waals surface area contributed by atoms with Crippen LogP contribution in [-0.2, 0) is 34.4 Å². The first-order chi connectivity index (χ1) is 20.2. The molecule has 0 radical (unpaired) electrons. The number of nitrogens with zero attached hydrogens (tertiary/aromatic N) is 3. The van der Waals surface area contributed by atoms with Crippen molar-refractivity contribution in [3.8, 4) is 5.75 Å². The van der Waals surface area contributed by atoms with Gasteiger partial charge in [-0.15, -0.1) is 0 Å².